The van der Waals surface area contributed by atoms with Crippen molar-refractivity contribution in [1.82, 2.24) is 4.90 Å². The Morgan fingerprint density at radius 2 is 2.22 bits per heavy atom. The second kappa shape index (κ2) is 7.27. The number of benzene rings is 1. The van der Waals surface area contributed by atoms with Crippen LogP contribution in [0.5, 0.6) is 5.75 Å². The number of alkyl halides is 1. The van der Waals surface area contributed by atoms with E-state index in [9.17, 15) is 4.79 Å². The van der Waals surface area contributed by atoms with Crippen molar-refractivity contribution in [2.75, 3.05) is 13.0 Å². The third-order valence-corrected chi connectivity index (χ3v) is 3.27. The molecule has 1 unspecified atom stereocenters. The lowest BCUT2D eigenvalue weighted by Crippen LogP contribution is -2.38. The highest BCUT2D eigenvalue weighted by molar-refractivity contribution is 6.27. The number of carbonyl (C=O) groups excluding carboxylic acids is 1. The summed E-state index contributed by atoms with van der Waals surface area (Å²) in [6.45, 7) is 4.66. The van der Waals surface area contributed by atoms with Gasteiger partial charge in [0.25, 0.3) is 0 Å². The third-order valence-electron chi connectivity index (χ3n) is 3.04. The Morgan fingerprint density at radius 1 is 1.50 bits per heavy atom. The monoisotopic (exact) mass is 269 g/mol. The molecule has 0 heterocycles. The largest absolute Gasteiger partial charge is 0.497 e. The van der Waals surface area contributed by atoms with E-state index in [4.69, 9.17) is 16.3 Å². The number of amides is 1. The first-order valence-electron chi connectivity index (χ1n) is 6.10. The zero-order valence-corrected chi connectivity index (χ0v) is 11.9. The number of nitrogens with zero attached hydrogens (tertiary/aromatic N) is 1. The molecule has 100 valence electrons. The fraction of sp³-hybridized carbons (Fsp3) is 0.500. The molecule has 3 nitrogen and oxygen atoms in total. The van der Waals surface area contributed by atoms with Crippen LogP contribution in [0.1, 0.15) is 25.8 Å². The van der Waals surface area contributed by atoms with Gasteiger partial charge >= 0.3 is 0 Å². The minimum atomic E-state index is -0.0335. The second-order valence-corrected chi connectivity index (χ2v) is 4.53. The van der Waals surface area contributed by atoms with Gasteiger partial charge in [0.15, 0.2) is 0 Å². The lowest BCUT2D eigenvalue weighted by atomic mass is 10.1. The van der Waals surface area contributed by atoms with E-state index >= 15 is 0 Å². The lowest BCUT2D eigenvalue weighted by Gasteiger charge is -2.28. The van der Waals surface area contributed by atoms with Crippen molar-refractivity contribution in [3.8, 4) is 5.75 Å². The van der Waals surface area contributed by atoms with Crippen molar-refractivity contribution in [3.63, 3.8) is 0 Å². The van der Waals surface area contributed by atoms with E-state index < -0.39 is 0 Å². The summed E-state index contributed by atoms with van der Waals surface area (Å²) in [5.74, 6) is 0.790. The van der Waals surface area contributed by atoms with Gasteiger partial charge in [-0.2, -0.15) is 0 Å². The first kappa shape index (κ1) is 14.8. The molecule has 0 aromatic heterocycles. The Balaban J connectivity index is 2.85. The summed E-state index contributed by atoms with van der Waals surface area (Å²) < 4.78 is 5.18. The number of methoxy groups -OCH3 is 1. The fourth-order valence-corrected chi connectivity index (χ4v) is 1.91. The number of carbonyl (C=O) groups is 1. The summed E-state index contributed by atoms with van der Waals surface area (Å²) in [5.41, 5.74) is 1.05. The molecule has 4 heteroatoms. The molecule has 0 aliphatic carbocycles. The SMILES string of the molecule is CCC(C)N(Cc1cccc(OC)c1)C(=O)CCl. The van der Waals surface area contributed by atoms with Crippen LogP contribution in [-0.2, 0) is 11.3 Å². The molecule has 1 amide bonds. The quantitative estimate of drug-likeness (QED) is 0.743. The van der Waals surface area contributed by atoms with Crippen LogP contribution >= 0.6 is 11.6 Å². The smallest absolute Gasteiger partial charge is 0.238 e. The average Bonchev–Trinajstić information content (AvgIpc) is 2.43. The molecule has 0 saturated heterocycles. The molecule has 0 aliphatic heterocycles. The number of halogens is 1. The van der Waals surface area contributed by atoms with E-state index in [0.717, 1.165) is 17.7 Å². The molecule has 1 aromatic carbocycles. The van der Waals surface area contributed by atoms with Gasteiger partial charge in [-0.25, -0.2) is 0 Å². The highest BCUT2D eigenvalue weighted by Crippen LogP contribution is 2.16. The molecular weight excluding hydrogens is 250 g/mol. The average molecular weight is 270 g/mol. The number of hydrogen-bond acceptors (Lipinski definition) is 2. The predicted octanol–water partition coefficient (Wildman–Crippen LogP) is 3.06. The van der Waals surface area contributed by atoms with Gasteiger partial charge in [0, 0.05) is 12.6 Å². The number of ether oxygens (including phenoxy) is 1. The molecule has 0 fully saturated rings. The lowest BCUT2D eigenvalue weighted by molar-refractivity contribution is -0.131. The van der Waals surface area contributed by atoms with Gasteiger partial charge in [-0.1, -0.05) is 19.1 Å². The van der Waals surface area contributed by atoms with Crippen molar-refractivity contribution in [2.45, 2.75) is 32.9 Å². The van der Waals surface area contributed by atoms with Crippen LogP contribution in [0.4, 0.5) is 0 Å². The van der Waals surface area contributed by atoms with Gasteiger partial charge < -0.3 is 9.64 Å². The first-order chi connectivity index (χ1) is 8.62. The topological polar surface area (TPSA) is 29.5 Å². The summed E-state index contributed by atoms with van der Waals surface area (Å²) in [7, 11) is 1.63. The zero-order valence-electron chi connectivity index (χ0n) is 11.1. The van der Waals surface area contributed by atoms with Gasteiger partial charge in [0.05, 0.1) is 7.11 Å². The van der Waals surface area contributed by atoms with Crippen molar-refractivity contribution >= 4 is 17.5 Å². The molecule has 1 aromatic rings. The van der Waals surface area contributed by atoms with E-state index in [-0.39, 0.29) is 17.8 Å². The number of rotatable bonds is 6. The fourth-order valence-electron chi connectivity index (χ4n) is 1.75. The Morgan fingerprint density at radius 3 is 2.78 bits per heavy atom. The predicted molar refractivity (Wildman–Crippen MR) is 74.0 cm³/mol. The highest BCUT2D eigenvalue weighted by Gasteiger charge is 2.18. The Labute approximate surface area is 114 Å². The molecule has 0 bridgehead atoms. The minimum absolute atomic E-state index is 0.0221. The molecular formula is C14H20ClNO2. The standard InChI is InChI=1S/C14H20ClNO2/c1-4-11(2)16(14(17)9-15)10-12-6-5-7-13(8-12)18-3/h5-8,11H,4,9-10H2,1-3H3. The van der Waals surface area contributed by atoms with Gasteiger partial charge in [0.2, 0.25) is 5.91 Å². The van der Waals surface area contributed by atoms with Gasteiger partial charge in [-0.05, 0) is 31.0 Å². The van der Waals surface area contributed by atoms with Crippen LogP contribution in [0.15, 0.2) is 24.3 Å². The number of hydrogen-bond donors (Lipinski definition) is 0. The van der Waals surface area contributed by atoms with E-state index in [0.29, 0.717) is 6.54 Å². The summed E-state index contributed by atoms with van der Waals surface area (Å²) in [5, 5.41) is 0. The normalized spacial score (nSPS) is 12.0. The van der Waals surface area contributed by atoms with Crippen LogP contribution in [0.3, 0.4) is 0 Å². The van der Waals surface area contributed by atoms with Crippen LogP contribution in [0.25, 0.3) is 0 Å². The Hall–Kier alpha value is -1.22. The van der Waals surface area contributed by atoms with Crippen LogP contribution < -0.4 is 4.74 Å². The van der Waals surface area contributed by atoms with E-state index in [1.807, 2.05) is 36.1 Å². The maximum atomic E-state index is 11.8. The van der Waals surface area contributed by atoms with Crippen molar-refractivity contribution < 1.29 is 9.53 Å². The first-order valence-corrected chi connectivity index (χ1v) is 6.64. The molecule has 1 rings (SSSR count). The maximum Gasteiger partial charge on any atom is 0.238 e. The maximum absolute atomic E-state index is 11.8. The second-order valence-electron chi connectivity index (χ2n) is 4.26. The molecule has 0 radical (unpaired) electrons. The van der Waals surface area contributed by atoms with Gasteiger partial charge in [-0.3, -0.25) is 4.79 Å². The molecule has 0 N–H and O–H groups in total. The summed E-state index contributed by atoms with van der Waals surface area (Å²) >= 11 is 5.66. The van der Waals surface area contributed by atoms with Crippen LogP contribution in [0, 0.1) is 0 Å². The third kappa shape index (κ3) is 3.91. The van der Waals surface area contributed by atoms with Crippen molar-refractivity contribution in [2.24, 2.45) is 0 Å². The van der Waals surface area contributed by atoms with E-state index in [1.165, 1.54) is 0 Å². The Bertz CT molecular complexity index is 395. The van der Waals surface area contributed by atoms with E-state index in [1.54, 1.807) is 7.11 Å². The molecule has 1 atom stereocenters. The summed E-state index contributed by atoms with van der Waals surface area (Å²) in [6.07, 6.45) is 0.909. The Kier molecular flexibility index (Phi) is 5.99. The molecule has 0 aliphatic rings. The molecule has 0 saturated carbocycles. The summed E-state index contributed by atoms with van der Waals surface area (Å²) in [4.78, 5) is 13.6. The van der Waals surface area contributed by atoms with Crippen LogP contribution in [0.2, 0.25) is 0 Å². The van der Waals surface area contributed by atoms with Crippen molar-refractivity contribution in [1.29, 1.82) is 0 Å². The van der Waals surface area contributed by atoms with E-state index in [2.05, 4.69) is 6.92 Å². The zero-order chi connectivity index (χ0) is 13.5. The van der Waals surface area contributed by atoms with Crippen LogP contribution in [-0.4, -0.2) is 29.8 Å². The minimum Gasteiger partial charge on any atom is -0.497 e. The van der Waals surface area contributed by atoms with Crippen molar-refractivity contribution in [3.05, 3.63) is 29.8 Å². The van der Waals surface area contributed by atoms with Gasteiger partial charge in [0.1, 0.15) is 11.6 Å². The highest BCUT2D eigenvalue weighted by atomic mass is 35.5. The summed E-state index contributed by atoms with van der Waals surface area (Å²) in [6, 6.07) is 7.92. The molecule has 0 spiro atoms. The molecule has 18 heavy (non-hydrogen) atoms. The van der Waals surface area contributed by atoms with Gasteiger partial charge in [-0.15, -0.1) is 11.6 Å².